The Hall–Kier alpha value is -2.92. The smallest absolute Gasteiger partial charge is 0.268 e. The number of nitrogens with zero attached hydrogens (tertiary/aromatic N) is 1. The largest absolute Gasteiger partial charge is 0.272 e. The molecule has 0 spiro atoms. The third-order valence-electron chi connectivity index (χ3n) is 4.34. The molecule has 0 heterocycles. The maximum Gasteiger partial charge on any atom is 0.272 e. The van der Waals surface area contributed by atoms with Gasteiger partial charge >= 0.3 is 0 Å². The van der Waals surface area contributed by atoms with Crippen LogP contribution in [0.15, 0.2) is 83.8 Å². The molecule has 0 saturated heterocycles. The minimum Gasteiger partial charge on any atom is -0.268 e. The highest BCUT2D eigenvalue weighted by Crippen LogP contribution is 2.26. The Morgan fingerprint density at radius 1 is 0.852 bits per heavy atom. The number of hydrogen-bond donors (Lipinski definition) is 0. The van der Waals surface area contributed by atoms with E-state index in [2.05, 4.69) is 0 Å². The molecular weight excluding hydrogens is 358 g/mol. The zero-order chi connectivity index (χ0) is 19.4. The molecule has 0 aliphatic rings. The molecule has 1 amide bonds. The molecule has 27 heavy (non-hydrogen) atoms. The van der Waals surface area contributed by atoms with Crippen molar-refractivity contribution in [3.8, 4) is 0 Å². The van der Waals surface area contributed by atoms with E-state index in [1.165, 1.54) is 12.1 Å². The molecule has 0 unspecified atom stereocenters. The summed E-state index contributed by atoms with van der Waals surface area (Å²) in [5, 5.41) is 0. The molecule has 0 bridgehead atoms. The second-order valence-corrected chi connectivity index (χ2v) is 8.06. The van der Waals surface area contributed by atoms with Gasteiger partial charge in [-0.1, -0.05) is 55.0 Å². The maximum atomic E-state index is 13.3. The van der Waals surface area contributed by atoms with Crippen molar-refractivity contribution in [3.05, 3.63) is 95.6 Å². The Balaban J connectivity index is 2.11. The van der Waals surface area contributed by atoms with Gasteiger partial charge < -0.3 is 0 Å². The Morgan fingerprint density at radius 3 is 2.00 bits per heavy atom. The van der Waals surface area contributed by atoms with Gasteiger partial charge in [0, 0.05) is 5.56 Å². The van der Waals surface area contributed by atoms with Gasteiger partial charge in [0.1, 0.15) is 0 Å². The second kappa shape index (κ2) is 7.76. The highest BCUT2D eigenvalue weighted by Gasteiger charge is 2.31. The molecule has 138 valence electrons. The minimum atomic E-state index is -4.05. The third kappa shape index (κ3) is 3.93. The van der Waals surface area contributed by atoms with Gasteiger partial charge in [0.15, 0.2) is 0 Å². The number of benzene rings is 3. The van der Waals surface area contributed by atoms with Gasteiger partial charge in [0.25, 0.3) is 15.9 Å². The topological polar surface area (TPSA) is 54.5 Å². The van der Waals surface area contributed by atoms with Crippen LogP contribution < -0.4 is 4.31 Å². The zero-order valence-electron chi connectivity index (χ0n) is 15.3. The Labute approximate surface area is 160 Å². The van der Waals surface area contributed by atoms with Crippen LogP contribution in [0.3, 0.4) is 0 Å². The summed E-state index contributed by atoms with van der Waals surface area (Å²) < 4.78 is 27.4. The zero-order valence-corrected chi connectivity index (χ0v) is 16.1. The molecule has 4 nitrogen and oxygen atoms in total. The molecule has 0 radical (unpaired) electrons. The van der Waals surface area contributed by atoms with E-state index in [-0.39, 0.29) is 4.90 Å². The summed E-state index contributed by atoms with van der Waals surface area (Å²) in [4.78, 5) is 13.3. The van der Waals surface area contributed by atoms with E-state index in [9.17, 15) is 13.2 Å². The first kappa shape index (κ1) is 18.9. The summed E-state index contributed by atoms with van der Waals surface area (Å²) in [5.41, 5.74) is 2.66. The van der Waals surface area contributed by atoms with Gasteiger partial charge in [0.2, 0.25) is 0 Å². The predicted octanol–water partition coefficient (Wildman–Crippen LogP) is 4.59. The fourth-order valence-corrected chi connectivity index (χ4v) is 4.16. The van der Waals surface area contributed by atoms with Crippen LogP contribution in [0, 0.1) is 6.92 Å². The lowest BCUT2D eigenvalue weighted by Crippen LogP contribution is -2.37. The van der Waals surface area contributed by atoms with Crippen molar-refractivity contribution in [2.45, 2.75) is 25.2 Å². The van der Waals surface area contributed by atoms with Gasteiger partial charge in [0.05, 0.1) is 10.6 Å². The highest BCUT2D eigenvalue weighted by molar-refractivity contribution is 7.93. The SMILES string of the molecule is CCc1ccc(C(=O)N(c2ccccc2)S(=O)(=O)c2ccc(C)cc2)cc1. The van der Waals surface area contributed by atoms with E-state index in [4.69, 9.17) is 0 Å². The van der Waals surface area contributed by atoms with Gasteiger partial charge in [-0.05, 0) is 55.3 Å². The standard InChI is InChI=1S/C22H21NO3S/c1-3-18-11-13-19(14-12-18)22(24)23(20-7-5-4-6-8-20)27(25,26)21-15-9-17(2)10-16-21/h4-16H,3H2,1-2H3. The van der Waals surface area contributed by atoms with Crippen LogP contribution in [0.4, 0.5) is 5.69 Å². The Morgan fingerprint density at radius 2 is 1.44 bits per heavy atom. The van der Waals surface area contributed by atoms with Crippen LogP contribution in [-0.2, 0) is 16.4 Å². The molecule has 0 N–H and O–H groups in total. The van der Waals surface area contributed by atoms with Gasteiger partial charge in [-0.2, -0.15) is 4.31 Å². The summed E-state index contributed by atoms with van der Waals surface area (Å²) in [7, 11) is -4.05. The third-order valence-corrected chi connectivity index (χ3v) is 6.07. The summed E-state index contributed by atoms with van der Waals surface area (Å²) in [6, 6.07) is 21.9. The van der Waals surface area contributed by atoms with E-state index in [1.807, 2.05) is 26.0 Å². The van der Waals surface area contributed by atoms with Crippen LogP contribution in [0.2, 0.25) is 0 Å². The molecule has 3 rings (SSSR count). The van der Waals surface area contributed by atoms with E-state index in [1.54, 1.807) is 54.6 Å². The van der Waals surface area contributed by atoms with Crippen molar-refractivity contribution in [3.63, 3.8) is 0 Å². The predicted molar refractivity (Wildman–Crippen MR) is 107 cm³/mol. The van der Waals surface area contributed by atoms with E-state index in [0.717, 1.165) is 21.9 Å². The van der Waals surface area contributed by atoms with Gasteiger partial charge in [-0.3, -0.25) is 4.79 Å². The maximum absolute atomic E-state index is 13.3. The van der Waals surface area contributed by atoms with Crippen molar-refractivity contribution in [2.24, 2.45) is 0 Å². The van der Waals surface area contributed by atoms with Crippen LogP contribution in [0.1, 0.15) is 28.4 Å². The number of hydrogen-bond acceptors (Lipinski definition) is 3. The average Bonchev–Trinajstić information content (AvgIpc) is 2.69. The number of anilines is 1. The Bertz CT molecular complexity index is 1030. The number of aryl methyl sites for hydroxylation is 2. The van der Waals surface area contributed by atoms with Gasteiger partial charge in [-0.15, -0.1) is 0 Å². The highest BCUT2D eigenvalue weighted by atomic mass is 32.2. The molecule has 3 aromatic rings. The first-order valence-corrected chi connectivity index (χ1v) is 10.2. The van der Waals surface area contributed by atoms with Crippen molar-refractivity contribution in [1.82, 2.24) is 0 Å². The number of para-hydroxylation sites is 1. The summed E-state index contributed by atoms with van der Waals surface area (Å²) in [5.74, 6) is -0.579. The molecular formula is C22H21NO3S. The van der Waals surface area contributed by atoms with Crippen LogP contribution in [0.5, 0.6) is 0 Å². The molecule has 0 aromatic heterocycles. The summed E-state index contributed by atoms with van der Waals surface area (Å²) >= 11 is 0. The quantitative estimate of drug-likeness (QED) is 0.651. The number of sulfonamides is 1. The van der Waals surface area contributed by atoms with Crippen molar-refractivity contribution >= 4 is 21.6 Å². The second-order valence-electron chi connectivity index (χ2n) is 6.27. The van der Waals surface area contributed by atoms with Crippen LogP contribution in [0.25, 0.3) is 0 Å². The van der Waals surface area contributed by atoms with Gasteiger partial charge in [-0.25, -0.2) is 8.42 Å². The number of carbonyl (C=O) groups excluding carboxylic acids is 1. The van der Waals surface area contributed by atoms with Crippen molar-refractivity contribution in [1.29, 1.82) is 0 Å². The number of rotatable bonds is 5. The summed E-state index contributed by atoms with van der Waals surface area (Å²) in [6.45, 7) is 3.90. The molecule has 3 aromatic carbocycles. The van der Waals surface area contributed by atoms with E-state index in [0.29, 0.717) is 11.3 Å². The number of carbonyl (C=O) groups is 1. The molecule has 0 fully saturated rings. The number of amides is 1. The monoisotopic (exact) mass is 379 g/mol. The summed E-state index contributed by atoms with van der Waals surface area (Å²) in [6.07, 6.45) is 0.846. The lowest BCUT2D eigenvalue weighted by Gasteiger charge is -2.23. The van der Waals surface area contributed by atoms with Crippen molar-refractivity contribution < 1.29 is 13.2 Å². The molecule has 0 atom stereocenters. The lowest BCUT2D eigenvalue weighted by molar-refractivity contribution is 0.101. The minimum absolute atomic E-state index is 0.0791. The first-order chi connectivity index (χ1) is 12.9. The molecule has 0 aliphatic carbocycles. The molecule has 0 aliphatic heterocycles. The van der Waals surface area contributed by atoms with E-state index >= 15 is 0 Å². The molecule has 5 heteroatoms. The Kier molecular flexibility index (Phi) is 5.42. The van der Waals surface area contributed by atoms with Crippen LogP contribution in [-0.4, -0.2) is 14.3 Å². The van der Waals surface area contributed by atoms with Crippen molar-refractivity contribution in [2.75, 3.05) is 4.31 Å². The van der Waals surface area contributed by atoms with E-state index < -0.39 is 15.9 Å². The fourth-order valence-electron chi connectivity index (χ4n) is 2.74. The fraction of sp³-hybridized carbons (Fsp3) is 0.136. The molecule has 0 saturated carbocycles. The lowest BCUT2D eigenvalue weighted by atomic mass is 10.1. The first-order valence-electron chi connectivity index (χ1n) is 8.74. The van der Waals surface area contributed by atoms with Crippen LogP contribution >= 0.6 is 0 Å². The normalized spacial score (nSPS) is 11.2. The average molecular weight is 379 g/mol.